The van der Waals surface area contributed by atoms with Crippen molar-refractivity contribution in [3.05, 3.63) is 72.9 Å². The van der Waals surface area contributed by atoms with Crippen LogP contribution in [0.5, 0.6) is 23.0 Å². The SMILES string of the molecule is CC(C)(C)c1cc(C=N[C@@H](Cc2cc(I)c(Oc3cc(I)c(O)c(I)c3)c(I)c2)C(=O)O)cc(C(C)(C)C)c1O. The maximum atomic E-state index is 12.2. The number of carboxylic acids is 1. The van der Waals surface area contributed by atoms with E-state index in [1.807, 2.05) is 65.8 Å². The smallest absolute Gasteiger partial charge is 0.328 e. The molecular formula is C30H31I4NO5. The molecule has 0 aromatic heterocycles. The summed E-state index contributed by atoms with van der Waals surface area (Å²) >= 11 is 8.51. The summed E-state index contributed by atoms with van der Waals surface area (Å²) < 4.78 is 9.23. The predicted molar refractivity (Wildman–Crippen MR) is 194 cm³/mol. The maximum Gasteiger partial charge on any atom is 0.328 e. The summed E-state index contributed by atoms with van der Waals surface area (Å²) in [5, 5.41) is 31.0. The van der Waals surface area contributed by atoms with Gasteiger partial charge in [0.2, 0.25) is 0 Å². The van der Waals surface area contributed by atoms with E-state index in [-0.39, 0.29) is 28.7 Å². The quantitative estimate of drug-likeness (QED) is 0.162. The zero-order valence-electron chi connectivity index (χ0n) is 22.9. The highest BCUT2D eigenvalue weighted by Crippen LogP contribution is 2.40. The zero-order chi connectivity index (χ0) is 30.2. The Kier molecular flexibility index (Phi) is 11.1. The van der Waals surface area contributed by atoms with Crippen molar-refractivity contribution in [2.75, 3.05) is 0 Å². The van der Waals surface area contributed by atoms with Gasteiger partial charge in [-0.05, 0) is 149 Å². The Morgan fingerprint density at radius 2 is 1.30 bits per heavy atom. The number of aromatic hydroxyl groups is 2. The Hall–Kier alpha value is -0.880. The van der Waals surface area contributed by atoms with Gasteiger partial charge in [0.05, 0.1) is 14.3 Å². The summed E-state index contributed by atoms with van der Waals surface area (Å²) in [6.07, 6.45) is 1.81. The molecule has 0 spiro atoms. The fourth-order valence-corrected chi connectivity index (χ4v) is 7.85. The van der Waals surface area contributed by atoms with Gasteiger partial charge in [-0.15, -0.1) is 0 Å². The maximum absolute atomic E-state index is 12.2. The molecule has 0 saturated heterocycles. The first-order valence-electron chi connectivity index (χ1n) is 12.4. The highest BCUT2D eigenvalue weighted by Gasteiger charge is 2.26. The third kappa shape index (κ3) is 8.36. The molecule has 0 amide bonds. The third-order valence-corrected chi connectivity index (χ3v) is 9.38. The largest absolute Gasteiger partial charge is 0.507 e. The second-order valence-electron chi connectivity index (χ2n) is 11.5. The molecule has 214 valence electrons. The van der Waals surface area contributed by atoms with Gasteiger partial charge in [-0.3, -0.25) is 4.99 Å². The van der Waals surface area contributed by atoms with Crippen LogP contribution in [0.2, 0.25) is 0 Å². The Morgan fingerprint density at radius 1 is 0.825 bits per heavy atom. The number of carbonyl (C=O) groups is 1. The number of benzene rings is 3. The molecule has 0 aliphatic carbocycles. The van der Waals surface area contributed by atoms with E-state index in [1.54, 1.807) is 18.3 Å². The summed E-state index contributed by atoms with van der Waals surface area (Å²) in [4.78, 5) is 16.7. The topological polar surface area (TPSA) is 99.4 Å². The lowest BCUT2D eigenvalue weighted by Gasteiger charge is -2.27. The monoisotopic (exact) mass is 993 g/mol. The van der Waals surface area contributed by atoms with Crippen molar-refractivity contribution in [2.45, 2.75) is 64.8 Å². The van der Waals surface area contributed by atoms with Gasteiger partial charge in [-0.1, -0.05) is 41.5 Å². The van der Waals surface area contributed by atoms with Gasteiger partial charge < -0.3 is 20.1 Å². The molecule has 0 aliphatic rings. The fourth-order valence-electron chi connectivity index (χ4n) is 4.02. The van der Waals surface area contributed by atoms with Crippen LogP contribution in [0.4, 0.5) is 0 Å². The molecule has 0 unspecified atom stereocenters. The van der Waals surface area contributed by atoms with Gasteiger partial charge >= 0.3 is 5.97 Å². The van der Waals surface area contributed by atoms with E-state index in [0.29, 0.717) is 18.6 Å². The van der Waals surface area contributed by atoms with Gasteiger partial charge in [0.15, 0.2) is 11.8 Å². The van der Waals surface area contributed by atoms with Crippen LogP contribution in [-0.2, 0) is 22.0 Å². The predicted octanol–water partition coefficient (Wildman–Crippen LogP) is 9.02. The molecule has 40 heavy (non-hydrogen) atoms. The Labute approximate surface area is 290 Å². The van der Waals surface area contributed by atoms with Crippen molar-refractivity contribution in [3.63, 3.8) is 0 Å². The molecule has 10 heteroatoms. The van der Waals surface area contributed by atoms with Crippen molar-refractivity contribution in [1.82, 2.24) is 0 Å². The molecule has 0 radical (unpaired) electrons. The second-order valence-corrected chi connectivity index (χ2v) is 16.2. The first-order chi connectivity index (χ1) is 18.4. The summed E-state index contributed by atoms with van der Waals surface area (Å²) in [6.45, 7) is 12.2. The summed E-state index contributed by atoms with van der Waals surface area (Å²) in [6, 6.07) is 10.2. The fraction of sp³-hybridized carbons (Fsp3) is 0.333. The Morgan fingerprint density at radius 3 is 1.73 bits per heavy atom. The number of aliphatic carboxylic acids is 1. The number of hydrogen-bond donors (Lipinski definition) is 3. The minimum Gasteiger partial charge on any atom is -0.507 e. The average Bonchev–Trinajstić information content (AvgIpc) is 2.81. The Bertz CT molecular complexity index is 1390. The van der Waals surface area contributed by atoms with Crippen molar-refractivity contribution in [2.24, 2.45) is 4.99 Å². The van der Waals surface area contributed by atoms with Crippen molar-refractivity contribution < 1.29 is 24.9 Å². The van der Waals surface area contributed by atoms with E-state index in [9.17, 15) is 20.1 Å². The van der Waals surface area contributed by atoms with Crippen LogP contribution in [0.25, 0.3) is 0 Å². The van der Waals surface area contributed by atoms with E-state index in [1.165, 1.54) is 0 Å². The average molecular weight is 993 g/mol. The summed E-state index contributed by atoms with van der Waals surface area (Å²) in [5.74, 6) is 0.772. The first kappa shape index (κ1) is 33.6. The van der Waals surface area contributed by atoms with Gasteiger partial charge in [0.25, 0.3) is 0 Å². The van der Waals surface area contributed by atoms with E-state index in [0.717, 1.165) is 29.4 Å². The lowest BCUT2D eigenvalue weighted by atomic mass is 9.78. The molecule has 0 bridgehead atoms. The molecule has 0 saturated carbocycles. The lowest BCUT2D eigenvalue weighted by molar-refractivity contribution is -0.138. The van der Waals surface area contributed by atoms with Crippen LogP contribution < -0.4 is 4.74 Å². The molecule has 3 rings (SSSR count). The van der Waals surface area contributed by atoms with Crippen LogP contribution in [0, 0.1) is 14.3 Å². The molecule has 1 atom stereocenters. The van der Waals surface area contributed by atoms with Crippen LogP contribution in [0.15, 0.2) is 41.4 Å². The highest BCUT2D eigenvalue weighted by atomic mass is 127. The molecular weight excluding hydrogens is 962 g/mol. The molecule has 3 N–H and O–H groups in total. The Balaban J connectivity index is 1.91. The van der Waals surface area contributed by atoms with Crippen molar-refractivity contribution >= 4 is 103 Å². The molecule has 3 aromatic rings. The molecule has 6 nitrogen and oxygen atoms in total. The number of carboxylic acid groups (broad SMARTS) is 1. The minimum atomic E-state index is -1.01. The van der Waals surface area contributed by atoms with Crippen molar-refractivity contribution in [1.29, 1.82) is 0 Å². The summed E-state index contributed by atoms with van der Waals surface area (Å²) in [5.41, 5.74) is 2.58. The number of ether oxygens (including phenoxy) is 1. The van der Waals surface area contributed by atoms with Gasteiger partial charge in [-0.2, -0.15) is 0 Å². The number of phenols is 2. The van der Waals surface area contributed by atoms with E-state index in [4.69, 9.17) is 4.74 Å². The van der Waals surface area contributed by atoms with Crippen LogP contribution in [0.1, 0.15) is 63.8 Å². The van der Waals surface area contributed by atoms with Crippen LogP contribution >= 0.6 is 90.4 Å². The van der Waals surface area contributed by atoms with Crippen LogP contribution in [-0.4, -0.2) is 33.5 Å². The van der Waals surface area contributed by atoms with E-state index < -0.39 is 12.0 Å². The van der Waals surface area contributed by atoms with E-state index >= 15 is 0 Å². The van der Waals surface area contributed by atoms with Crippen LogP contribution in [0.3, 0.4) is 0 Å². The molecule has 3 aromatic carbocycles. The van der Waals surface area contributed by atoms with Gasteiger partial charge in [-0.25, -0.2) is 4.79 Å². The minimum absolute atomic E-state index is 0.212. The zero-order valence-corrected chi connectivity index (χ0v) is 31.6. The number of rotatable bonds is 7. The number of hydrogen-bond acceptors (Lipinski definition) is 5. The first-order valence-corrected chi connectivity index (χ1v) is 16.7. The molecule has 0 heterocycles. The number of halogens is 4. The van der Waals surface area contributed by atoms with Gasteiger partial charge in [0.1, 0.15) is 17.2 Å². The second kappa shape index (κ2) is 13.2. The highest BCUT2D eigenvalue weighted by molar-refractivity contribution is 14.1. The number of aliphatic imine (C=N–C) groups is 1. The third-order valence-electron chi connectivity index (χ3n) is 6.13. The van der Waals surface area contributed by atoms with E-state index in [2.05, 4.69) is 95.4 Å². The number of phenolic OH excluding ortho intramolecular Hbond substituents is 2. The van der Waals surface area contributed by atoms with Crippen molar-refractivity contribution in [3.8, 4) is 23.0 Å². The molecule has 0 aliphatic heterocycles. The number of nitrogens with zero attached hydrogens (tertiary/aromatic N) is 1. The van der Waals surface area contributed by atoms with Gasteiger partial charge in [0, 0.05) is 23.8 Å². The standard InChI is InChI=1S/C30H31I4NO5/c1-29(2,3)18-7-16(8-19(25(18)36)30(4,5)6)14-35-24(28(38)39)11-15-9-22(33)27(23(34)10-15)40-17-12-20(31)26(37)21(32)13-17/h7-10,12-14,24,36-37H,11H2,1-6H3,(H,38,39)/t24-/m0/s1. The normalized spacial score (nSPS) is 13.1. The summed E-state index contributed by atoms with van der Waals surface area (Å²) in [7, 11) is 0. The lowest BCUT2D eigenvalue weighted by Crippen LogP contribution is -2.21. The molecule has 0 fully saturated rings.